The number of hydrogen-bond acceptors (Lipinski definition) is 7. The Hall–Kier alpha value is -2.17. The minimum Gasteiger partial charge on any atom is -0.478 e. The van der Waals surface area contributed by atoms with E-state index in [0.717, 1.165) is 29.7 Å². The van der Waals surface area contributed by atoms with Gasteiger partial charge in [-0.25, -0.2) is 9.59 Å². The van der Waals surface area contributed by atoms with Crippen LogP contribution in [0.2, 0.25) is 0 Å². The van der Waals surface area contributed by atoms with Crippen LogP contribution in [0.4, 0.5) is 4.79 Å². The molecule has 1 fully saturated rings. The van der Waals surface area contributed by atoms with Crippen molar-refractivity contribution in [2.75, 3.05) is 19.9 Å². The molecular weight excluding hydrogens is 464 g/mol. The molecule has 8 nitrogen and oxygen atoms in total. The van der Waals surface area contributed by atoms with Crippen molar-refractivity contribution in [1.82, 2.24) is 10.2 Å². The van der Waals surface area contributed by atoms with E-state index in [4.69, 9.17) is 14.6 Å². The van der Waals surface area contributed by atoms with Gasteiger partial charge in [-0.3, -0.25) is 4.79 Å². The first kappa shape index (κ1) is 28.9. The summed E-state index contributed by atoms with van der Waals surface area (Å²) in [5.41, 5.74) is 1.78. The number of allylic oxidation sites excluding steroid dienone is 1. The molecule has 2 amide bonds. The summed E-state index contributed by atoms with van der Waals surface area (Å²) in [6, 6.07) is 9.69. The fraction of sp³-hybridized carbons (Fsp3) is 0.522. The minimum atomic E-state index is -0.875. The second-order valence-corrected chi connectivity index (χ2v) is 10.2. The van der Waals surface area contributed by atoms with E-state index in [1.807, 2.05) is 37.3 Å². The molecule has 1 unspecified atom stereocenters. The number of nitrogens with zero attached hydrogens (tertiary/aromatic N) is 1. The molecule has 0 radical (unpaired) electrons. The normalized spacial score (nSPS) is 17.7. The number of aliphatic carboxylic acids is 1. The Morgan fingerprint density at radius 3 is 2.45 bits per heavy atom. The Bertz CT molecular complexity index is 786. The zero-order valence-electron chi connectivity index (χ0n) is 19.8. The summed E-state index contributed by atoms with van der Waals surface area (Å²) in [6.45, 7) is 5.80. The van der Waals surface area contributed by atoms with Crippen LogP contribution >= 0.6 is 21.6 Å². The molecule has 33 heavy (non-hydrogen) atoms. The molecule has 0 aliphatic carbocycles. The predicted molar refractivity (Wildman–Crippen MR) is 133 cm³/mol. The van der Waals surface area contributed by atoms with Crippen LogP contribution in [0.5, 0.6) is 0 Å². The third-order valence-corrected chi connectivity index (χ3v) is 7.44. The first-order valence-corrected chi connectivity index (χ1v) is 13.0. The Morgan fingerprint density at radius 1 is 1.27 bits per heavy atom. The molecule has 2 N–H and O–H groups in total. The molecule has 1 saturated heterocycles. The van der Waals surface area contributed by atoms with E-state index in [1.165, 1.54) is 6.08 Å². The van der Waals surface area contributed by atoms with E-state index in [0.29, 0.717) is 0 Å². The van der Waals surface area contributed by atoms with Gasteiger partial charge in [-0.2, -0.15) is 0 Å². The molecule has 1 aromatic rings. The highest BCUT2D eigenvalue weighted by molar-refractivity contribution is 8.77. The van der Waals surface area contributed by atoms with Crippen molar-refractivity contribution in [3.63, 3.8) is 0 Å². The molecule has 2 rings (SSSR count). The van der Waals surface area contributed by atoms with Gasteiger partial charge < -0.3 is 24.8 Å². The maximum atomic E-state index is 11.9. The van der Waals surface area contributed by atoms with Crippen LogP contribution in [0.15, 0.2) is 42.0 Å². The van der Waals surface area contributed by atoms with Gasteiger partial charge in [0.15, 0.2) is 6.10 Å². The summed E-state index contributed by atoms with van der Waals surface area (Å²) < 4.78 is 10.5. The van der Waals surface area contributed by atoms with Crippen molar-refractivity contribution in [1.29, 1.82) is 0 Å². The Kier molecular flexibility index (Phi) is 13.7. The summed E-state index contributed by atoms with van der Waals surface area (Å²) in [5.74, 6) is 0.0248. The summed E-state index contributed by atoms with van der Waals surface area (Å²) in [4.78, 5) is 35.0. The third kappa shape index (κ3) is 11.0. The van der Waals surface area contributed by atoms with Gasteiger partial charge in [-0.15, -0.1) is 0 Å². The lowest BCUT2D eigenvalue weighted by atomic mass is 10.1. The molecule has 0 saturated carbocycles. The number of nitrogens with one attached hydrogen (secondary N) is 1. The lowest BCUT2D eigenvalue weighted by Crippen LogP contribution is -2.61. The maximum absolute atomic E-state index is 11.9. The standard InChI is InChI=1S/C18H26N2O4S2.C5H8O2/c1-4-14(19-18(22)24-12-13-8-6-5-7-9-13)10-11-25-26-17-15(23-3)16(21)20(17)2;1-4(2)3-5(6)7/h5-9,14-15,17H,4,10-12H2,1-3H3,(H,19,22);3H,1-2H3,(H,6,7)/t14?,15-,17+;/m0./s1. The highest BCUT2D eigenvalue weighted by Gasteiger charge is 2.45. The number of carbonyl (C=O) groups excluding carboxylic acids is 2. The van der Waals surface area contributed by atoms with Crippen LogP contribution in [-0.2, 0) is 25.7 Å². The Labute approximate surface area is 203 Å². The average molecular weight is 499 g/mol. The smallest absolute Gasteiger partial charge is 0.407 e. The van der Waals surface area contributed by atoms with Crippen LogP contribution in [0.1, 0.15) is 39.2 Å². The number of β-lactam (4-membered cyclic amide) rings is 1. The molecular formula is C23H34N2O6S2. The van der Waals surface area contributed by atoms with Crippen molar-refractivity contribution in [2.24, 2.45) is 0 Å². The second-order valence-electron chi connectivity index (χ2n) is 7.57. The second kappa shape index (κ2) is 15.6. The van der Waals surface area contributed by atoms with Crippen molar-refractivity contribution in [3.8, 4) is 0 Å². The van der Waals surface area contributed by atoms with Gasteiger partial charge in [0, 0.05) is 32.0 Å². The van der Waals surface area contributed by atoms with Crippen LogP contribution in [0.25, 0.3) is 0 Å². The molecule has 0 spiro atoms. The molecule has 1 heterocycles. The first-order valence-electron chi connectivity index (χ1n) is 10.6. The zero-order chi connectivity index (χ0) is 24.8. The van der Waals surface area contributed by atoms with Gasteiger partial charge in [-0.05, 0) is 32.3 Å². The van der Waals surface area contributed by atoms with Gasteiger partial charge in [-0.1, -0.05) is 64.4 Å². The number of benzene rings is 1. The quantitative estimate of drug-likeness (QED) is 0.201. The number of carboxylic acids is 1. The molecule has 3 atom stereocenters. The molecule has 1 aromatic carbocycles. The van der Waals surface area contributed by atoms with Crippen molar-refractivity contribution in [3.05, 3.63) is 47.5 Å². The van der Waals surface area contributed by atoms with Crippen LogP contribution in [0.3, 0.4) is 0 Å². The fourth-order valence-electron chi connectivity index (χ4n) is 2.77. The molecule has 10 heteroatoms. The first-order chi connectivity index (χ1) is 15.7. The number of likely N-dealkylation sites (N-methyl/N-ethyl adjacent to an activating group) is 1. The summed E-state index contributed by atoms with van der Waals surface area (Å²) >= 11 is 0. The minimum absolute atomic E-state index is 0.0277. The van der Waals surface area contributed by atoms with Gasteiger partial charge >= 0.3 is 12.1 Å². The lowest BCUT2D eigenvalue weighted by molar-refractivity contribution is -0.159. The van der Waals surface area contributed by atoms with Crippen LogP contribution in [0, 0.1) is 0 Å². The van der Waals surface area contributed by atoms with Gasteiger partial charge in [0.1, 0.15) is 12.0 Å². The Balaban J connectivity index is 0.000000675. The van der Waals surface area contributed by atoms with Crippen molar-refractivity contribution >= 4 is 39.6 Å². The molecule has 184 valence electrons. The molecule has 1 aliphatic heterocycles. The summed E-state index contributed by atoms with van der Waals surface area (Å²) in [7, 11) is 6.68. The number of carboxylic acid groups (broad SMARTS) is 1. The number of rotatable bonds is 11. The van der Waals surface area contributed by atoms with Crippen LogP contribution < -0.4 is 5.32 Å². The highest BCUT2D eigenvalue weighted by atomic mass is 33.1. The monoisotopic (exact) mass is 498 g/mol. The van der Waals surface area contributed by atoms with E-state index in [-0.39, 0.29) is 36.1 Å². The van der Waals surface area contributed by atoms with Crippen LogP contribution in [-0.4, -0.2) is 65.4 Å². The number of amides is 2. The number of likely N-dealkylation sites (tertiary alicyclic amines) is 1. The topological polar surface area (TPSA) is 105 Å². The van der Waals surface area contributed by atoms with E-state index in [2.05, 4.69) is 5.32 Å². The maximum Gasteiger partial charge on any atom is 0.407 e. The number of hydrogen-bond donors (Lipinski definition) is 2. The number of methoxy groups -OCH3 is 1. The van der Waals surface area contributed by atoms with Gasteiger partial charge in [0.2, 0.25) is 0 Å². The number of carbonyl (C=O) groups is 3. The number of ether oxygens (including phenoxy) is 2. The van der Waals surface area contributed by atoms with E-state index < -0.39 is 5.97 Å². The predicted octanol–water partition coefficient (Wildman–Crippen LogP) is 4.31. The van der Waals surface area contributed by atoms with E-state index in [9.17, 15) is 14.4 Å². The molecule has 1 aliphatic rings. The molecule has 0 aromatic heterocycles. The third-order valence-electron chi connectivity index (χ3n) is 4.64. The lowest BCUT2D eigenvalue weighted by Gasteiger charge is -2.42. The van der Waals surface area contributed by atoms with Crippen molar-refractivity contribution < 1.29 is 29.0 Å². The number of alkyl carbamates (subject to hydrolysis) is 1. The highest BCUT2D eigenvalue weighted by Crippen LogP contribution is 2.38. The van der Waals surface area contributed by atoms with Gasteiger partial charge in [0.05, 0.1) is 0 Å². The Morgan fingerprint density at radius 2 is 1.94 bits per heavy atom. The summed E-state index contributed by atoms with van der Waals surface area (Å²) in [5, 5.41) is 11.0. The van der Waals surface area contributed by atoms with Crippen molar-refractivity contribution in [2.45, 2.75) is 57.7 Å². The van der Waals surface area contributed by atoms with E-state index >= 15 is 0 Å². The largest absolute Gasteiger partial charge is 0.478 e. The fourth-order valence-corrected chi connectivity index (χ4v) is 5.63. The average Bonchev–Trinajstić information content (AvgIpc) is 2.78. The zero-order valence-corrected chi connectivity index (χ0v) is 21.4. The van der Waals surface area contributed by atoms with Gasteiger partial charge in [0.25, 0.3) is 5.91 Å². The molecule has 0 bridgehead atoms. The van der Waals surface area contributed by atoms with E-state index in [1.54, 1.807) is 54.5 Å². The summed E-state index contributed by atoms with van der Waals surface area (Å²) in [6.07, 6.45) is 2.12. The SMILES string of the molecule is CC(C)=CC(=O)O.CCC(CCSS[C@@H]1[C@@H](OC)C(=O)N1C)NC(=O)OCc1ccccc1.